The third kappa shape index (κ3) is 14.8. The van der Waals surface area contributed by atoms with Gasteiger partial charge in [-0.15, -0.1) is 0 Å². The van der Waals surface area contributed by atoms with Gasteiger partial charge in [-0.2, -0.15) is 0 Å². The maximum absolute atomic E-state index is 12.7. The van der Waals surface area contributed by atoms with E-state index in [2.05, 4.69) is 180 Å². The zero-order valence-corrected chi connectivity index (χ0v) is 44.7. The van der Waals surface area contributed by atoms with Crippen LogP contribution in [0.25, 0.3) is 10.9 Å². The summed E-state index contributed by atoms with van der Waals surface area (Å²) < 4.78 is 26.5. The summed E-state index contributed by atoms with van der Waals surface area (Å²) in [6, 6.07) is 55.1. The Morgan fingerprint density at radius 1 is 0.620 bits per heavy atom. The summed E-state index contributed by atoms with van der Waals surface area (Å²) in [5.41, 5.74) is 8.74. The third-order valence-electron chi connectivity index (χ3n) is 14.1. The summed E-state index contributed by atoms with van der Waals surface area (Å²) in [4.78, 5) is 18.3. The van der Waals surface area contributed by atoms with E-state index in [1.165, 1.54) is 22.3 Å². The van der Waals surface area contributed by atoms with Crippen molar-refractivity contribution in [3.63, 3.8) is 0 Å². The van der Waals surface area contributed by atoms with Crippen LogP contribution in [0, 0.1) is 0 Å². The normalized spacial score (nSPS) is 13.0. The number of aromatic amines is 1. The summed E-state index contributed by atoms with van der Waals surface area (Å²) in [6.45, 7) is 24.4. The van der Waals surface area contributed by atoms with Crippen LogP contribution < -0.4 is 25.1 Å². The molecule has 6 aromatic carbocycles. The van der Waals surface area contributed by atoms with Gasteiger partial charge in [0.2, 0.25) is 5.56 Å². The number of hydrogen-bond acceptors (Lipinski definition) is 7. The number of nitrogens with one attached hydrogen (secondary N) is 2. The molecule has 0 unspecified atom stereocenters. The average molecular weight is 972 g/mol. The van der Waals surface area contributed by atoms with E-state index in [0.29, 0.717) is 49.7 Å². The molecule has 7 rings (SSSR count). The van der Waals surface area contributed by atoms with Gasteiger partial charge in [-0.1, -0.05) is 142 Å². The maximum atomic E-state index is 12.7. The Morgan fingerprint density at radius 3 is 1.83 bits per heavy atom. The SMILES string of the molecule is CC(C)N(CC[C@H](c1ccccc1)c1cc(CCOc2ccc(CCNC[C@H](O[Si](C)(C)C(C)(C)C)c3ccc(OCc4ccccc4)c4[nH]c(=O)ccc34)cc2)ccc1OCc1ccccc1)C(C)C. The molecule has 0 aliphatic rings. The van der Waals surface area contributed by atoms with Gasteiger partial charge in [-0.05, 0) is 135 Å². The molecule has 8 nitrogen and oxygen atoms in total. The van der Waals surface area contributed by atoms with E-state index in [1.807, 2.05) is 48.5 Å². The minimum absolute atomic E-state index is 0.0115. The van der Waals surface area contributed by atoms with Gasteiger partial charge >= 0.3 is 0 Å². The van der Waals surface area contributed by atoms with E-state index in [0.717, 1.165) is 65.9 Å². The van der Waals surface area contributed by atoms with E-state index in [9.17, 15) is 4.79 Å². The molecule has 2 N–H and O–H groups in total. The first-order valence-electron chi connectivity index (χ1n) is 25.7. The van der Waals surface area contributed by atoms with Crippen LogP contribution in [-0.4, -0.2) is 56.5 Å². The smallest absolute Gasteiger partial charge is 0.248 e. The number of H-pyrrole nitrogens is 1. The summed E-state index contributed by atoms with van der Waals surface area (Å²) in [5, 5.41) is 4.66. The van der Waals surface area contributed by atoms with E-state index in [1.54, 1.807) is 6.07 Å². The number of pyridine rings is 1. The van der Waals surface area contributed by atoms with Crippen molar-refractivity contribution in [3.8, 4) is 17.2 Å². The largest absolute Gasteiger partial charge is 0.493 e. The first-order valence-corrected chi connectivity index (χ1v) is 28.6. The summed E-state index contributed by atoms with van der Waals surface area (Å²) in [7, 11) is -2.20. The molecule has 1 heterocycles. The van der Waals surface area contributed by atoms with Crippen LogP contribution in [0.4, 0.5) is 0 Å². The fourth-order valence-corrected chi connectivity index (χ4v) is 10.4. The highest BCUT2D eigenvalue weighted by Crippen LogP contribution is 2.42. The van der Waals surface area contributed by atoms with Crippen molar-refractivity contribution in [1.29, 1.82) is 0 Å². The first kappa shape index (κ1) is 52.8. The number of rotatable bonds is 25. The molecular formula is C62H77N3O5Si. The molecule has 71 heavy (non-hydrogen) atoms. The minimum Gasteiger partial charge on any atom is -0.493 e. The summed E-state index contributed by atoms with van der Waals surface area (Å²) in [6.07, 6.45) is 2.37. The quantitative estimate of drug-likeness (QED) is 0.0436. The molecule has 0 radical (unpaired) electrons. The number of nitrogens with zero attached hydrogens (tertiary/aromatic N) is 1. The number of aromatic nitrogens is 1. The molecule has 1 aromatic heterocycles. The van der Waals surface area contributed by atoms with Crippen LogP contribution in [0.2, 0.25) is 18.1 Å². The number of fused-ring (bicyclic) bond motifs is 1. The van der Waals surface area contributed by atoms with Crippen LogP contribution in [0.15, 0.2) is 163 Å². The van der Waals surface area contributed by atoms with Crippen LogP contribution in [-0.2, 0) is 30.5 Å². The van der Waals surface area contributed by atoms with Gasteiger partial charge in [0, 0.05) is 48.0 Å². The molecule has 0 amide bonds. The predicted molar refractivity (Wildman–Crippen MR) is 296 cm³/mol. The lowest BCUT2D eigenvalue weighted by Gasteiger charge is -2.39. The second-order valence-corrected chi connectivity index (χ2v) is 25.7. The van der Waals surface area contributed by atoms with Gasteiger partial charge in [0.1, 0.15) is 30.5 Å². The lowest BCUT2D eigenvalue weighted by molar-refractivity contribution is 0.170. The van der Waals surface area contributed by atoms with Crippen molar-refractivity contribution in [2.45, 2.75) is 123 Å². The van der Waals surface area contributed by atoms with Crippen LogP contribution in [0.3, 0.4) is 0 Å². The van der Waals surface area contributed by atoms with Crippen molar-refractivity contribution in [2.75, 3.05) is 26.2 Å². The molecule has 7 aromatic rings. The van der Waals surface area contributed by atoms with Crippen molar-refractivity contribution >= 4 is 19.2 Å². The molecular weight excluding hydrogens is 895 g/mol. The van der Waals surface area contributed by atoms with E-state index >= 15 is 0 Å². The van der Waals surface area contributed by atoms with Gasteiger partial charge in [0.25, 0.3) is 0 Å². The van der Waals surface area contributed by atoms with E-state index in [-0.39, 0.29) is 22.6 Å². The van der Waals surface area contributed by atoms with E-state index < -0.39 is 8.32 Å². The van der Waals surface area contributed by atoms with Crippen molar-refractivity contribution in [3.05, 3.63) is 207 Å². The molecule has 0 bridgehead atoms. The Hall–Kier alpha value is -5.97. The molecule has 0 saturated carbocycles. The molecule has 0 aliphatic carbocycles. The van der Waals surface area contributed by atoms with Crippen LogP contribution in [0.5, 0.6) is 17.2 Å². The lowest BCUT2D eigenvalue weighted by Crippen LogP contribution is -2.43. The Kier molecular flexibility index (Phi) is 18.5. The zero-order valence-electron chi connectivity index (χ0n) is 43.7. The minimum atomic E-state index is -2.20. The molecule has 0 aliphatic heterocycles. The second-order valence-electron chi connectivity index (χ2n) is 20.9. The Bertz CT molecular complexity index is 2760. The first-order chi connectivity index (χ1) is 34.1. The van der Waals surface area contributed by atoms with Gasteiger partial charge in [-0.25, -0.2) is 0 Å². The molecule has 0 spiro atoms. The van der Waals surface area contributed by atoms with Crippen molar-refractivity contribution < 1.29 is 18.6 Å². The number of ether oxygens (including phenoxy) is 3. The highest BCUT2D eigenvalue weighted by molar-refractivity contribution is 6.74. The highest BCUT2D eigenvalue weighted by atomic mass is 28.4. The lowest BCUT2D eigenvalue weighted by atomic mass is 9.86. The Balaban J connectivity index is 1.000. The molecule has 2 atom stereocenters. The Labute approximate surface area is 424 Å². The third-order valence-corrected chi connectivity index (χ3v) is 18.6. The van der Waals surface area contributed by atoms with Gasteiger partial charge in [0.05, 0.1) is 18.2 Å². The standard InChI is InChI=1S/C62H77N3O5Si/c1-45(2)65(46(3)4)39-36-53(51-23-17-12-18-24-51)56-41-48(27-32-57(56)68-43-49-19-13-10-14-20-49)37-40-67-52-28-25-47(26-29-52)35-38-63-42-59(70-71(8,9)62(5,6)7)54-30-33-58(61-55(54)31-34-60(66)64-61)69-44-50-21-15-11-16-22-50/h10-34,41,45-46,53,59,63H,35-40,42-44H2,1-9H3,(H,64,66)/t53-,59+/m1/s1. The number of benzene rings is 6. The monoisotopic (exact) mass is 972 g/mol. The fourth-order valence-electron chi connectivity index (χ4n) is 9.11. The molecule has 374 valence electrons. The summed E-state index contributed by atoms with van der Waals surface area (Å²) in [5.74, 6) is 2.60. The number of hydrogen-bond donors (Lipinski definition) is 2. The Morgan fingerprint density at radius 2 is 1.21 bits per heavy atom. The van der Waals surface area contributed by atoms with Crippen molar-refractivity contribution in [1.82, 2.24) is 15.2 Å². The average Bonchev–Trinajstić information content (AvgIpc) is 3.35. The van der Waals surface area contributed by atoms with Crippen molar-refractivity contribution in [2.24, 2.45) is 0 Å². The fraction of sp³-hybridized carbons (Fsp3) is 0.371. The summed E-state index contributed by atoms with van der Waals surface area (Å²) >= 11 is 0. The maximum Gasteiger partial charge on any atom is 0.248 e. The molecule has 0 fully saturated rings. The van der Waals surface area contributed by atoms with Gasteiger partial charge < -0.3 is 28.9 Å². The molecule has 0 saturated heterocycles. The zero-order chi connectivity index (χ0) is 50.4. The highest BCUT2D eigenvalue weighted by Gasteiger charge is 2.40. The van der Waals surface area contributed by atoms with E-state index in [4.69, 9.17) is 18.6 Å². The topological polar surface area (TPSA) is 85.1 Å². The van der Waals surface area contributed by atoms with Crippen LogP contribution >= 0.6 is 0 Å². The predicted octanol–water partition coefficient (Wildman–Crippen LogP) is 13.8. The molecule has 9 heteroatoms. The van der Waals surface area contributed by atoms with Gasteiger partial charge in [0.15, 0.2) is 8.32 Å². The second kappa shape index (κ2) is 24.9. The van der Waals surface area contributed by atoms with Gasteiger partial charge in [-0.3, -0.25) is 9.69 Å². The van der Waals surface area contributed by atoms with Crippen LogP contribution in [0.1, 0.15) is 106 Å².